The highest BCUT2D eigenvalue weighted by Gasteiger charge is 2.23. The summed E-state index contributed by atoms with van der Waals surface area (Å²) in [6.45, 7) is 2.18. The fourth-order valence-electron chi connectivity index (χ4n) is 2.98. The van der Waals surface area contributed by atoms with Gasteiger partial charge in [-0.1, -0.05) is 6.07 Å². The molecule has 0 aliphatic carbocycles. The Morgan fingerprint density at radius 1 is 1.31 bits per heavy atom. The van der Waals surface area contributed by atoms with Crippen molar-refractivity contribution in [2.45, 2.75) is 32.2 Å². The van der Waals surface area contributed by atoms with Gasteiger partial charge in [-0.2, -0.15) is 5.10 Å². The van der Waals surface area contributed by atoms with Gasteiger partial charge >= 0.3 is 0 Å². The summed E-state index contributed by atoms with van der Waals surface area (Å²) < 4.78 is 28.7. The molecule has 1 N–H and O–H groups in total. The van der Waals surface area contributed by atoms with E-state index in [1.807, 2.05) is 4.90 Å². The van der Waals surface area contributed by atoms with Gasteiger partial charge in [-0.3, -0.25) is 14.4 Å². The number of hydrogen-bond acceptors (Lipinski definition) is 4. The van der Waals surface area contributed by atoms with Gasteiger partial charge in [0.25, 0.3) is 0 Å². The van der Waals surface area contributed by atoms with Gasteiger partial charge in [0, 0.05) is 45.4 Å². The van der Waals surface area contributed by atoms with Gasteiger partial charge in [-0.15, -0.1) is 0 Å². The summed E-state index contributed by atoms with van der Waals surface area (Å²) in [6, 6.07) is 5.38. The molecule has 1 aliphatic heterocycles. The van der Waals surface area contributed by atoms with Crippen LogP contribution in [0.3, 0.4) is 0 Å². The Balaban J connectivity index is 1.67. The monoisotopic (exact) mass is 364 g/mol. The molecule has 140 valence electrons. The normalized spacial score (nSPS) is 15.6. The molecule has 0 spiro atoms. The Hall–Kier alpha value is -2.32. The zero-order valence-corrected chi connectivity index (χ0v) is 14.8. The number of aromatic nitrogens is 2. The van der Waals surface area contributed by atoms with E-state index in [4.69, 9.17) is 0 Å². The topological polar surface area (TPSA) is 61.6 Å². The number of fused-ring (bicyclic) bond motifs is 1. The van der Waals surface area contributed by atoms with E-state index in [9.17, 15) is 18.7 Å². The van der Waals surface area contributed by atoms with Crippen LogP contribution in [0.4, 0.5) is 8.78 Å². The quantitative estimate of drug-likeness (QED) is 0.877. The fourth-order valence-corrected chi connectivity index (χ4v) is 2.98. The van der Waals surface area contributed by atoms with Gasteiger partial charge < -0.3 is 10.0 Å². The van der Waals surface area contributed by atoms with Crippen LogP contribution < -0.4 is 0 Å². The van der Waals surface area contributed by atoms with Gasteiger partial charge in [0.2, 0.25) is 5.91 Å². The molecule has 1 aromatic carbocycles. The third-order valence-corrected chi connectivity index (χ3v) is 4.51. The lowest BCUT2D eigenvalue weighted by atomic mass is 10.1. The van der Waals surface area contributed by atoms with Gasteiger partial charge in [-0.25, -0.2) is 8.78 Å². The molecule has 0 bridgehead atoms. The number of benzene rings is 1. The summed E-state index contributed by atoms with van der Waals surface area (Å²) in [6.07, 6.45) is -0.973. The van der Waals surface area contributed by atoms with Gasteiger partial charge in [-0.05, 0) is 12.1 Å². The molecule has 1 unspecified atom stereocenters. The number of hydrogen-bond donors (Lipinski definition) is 1. The van der Waals surface area contributed by atoms with Crippen molar-refractivity contribution in [3.8, 4) is 0 Å². The van der Waals surface area contributed by atoms with E-state index >= 15 is 0 Å². The third-order valence-electron chi connectivity index (χ3n) is 4.51. The smallest absolute Gasteiger partial charge is 0.225 e. The summed E-state index contributed by atoms with van der Waals surface area (Å²) in [5.41, 5.74) is 1.80. The second-order valence-electron chi connectivity index (χ2n) is 6.74. The summed E-state index contributed by atoms with van der Waals surface area (Å²) in [5.74, 6) is -1.31. The van der Waals surface area contributed by atoms with Crippen LogP contribution in [0.5, 0.6) is 0 Å². The summed E-state index contributed by atoms with van der Waals surface area (Å²) in [7, 11) is 3.28. The Morgan fingerprint density at radius 3 is 2.77 bits per heavy atom. The maximum atomic E-state index is 13.8. The molecule has 2 heterocycles. The van der Waals surface area contributed by atoms with E-state index in [0.29, 0.717) is 37.4 Å². The number of aliphatic hydroxyl groups is 1. The Morgan fingerprint density at radius 2 is 2.08 bits per heavy atom. The van der Waals surface area contributed by atoms with Crippen molar-refractivity contribution in [1.29, 1.82) is 0 Å². The molecule has 26 heavy (non-hydrogen) atoms. The molecule has 1 amide bonds. The first-order valence-electron chi connectivity index (χ1n) is 8.44. The molecule has 0 radical (unpaired) electrons. The van der Waals surface area contributed by atoms with Crippen molar-refractivity contribution in [2.75, 3.05) is 20.6 Å². The lowest BCUT2D eigenvalue weighted by Crippen LogP contribution is -2.33. The van der Waals surface area contributed by atoms with Crippen molar-refractivity contribution in [3.05, 3.63) is 52.9 Å². The van der Waals surface area contributed by atoms with Crippen molar-refractivity contribution < 1.29 is 18.7 Å². The number of halogens is 2. The van der Waals surface area contributed by atoms with Gasteiger partial charge in [0.05, 0.1) is 24.4 Å². The first-order valence-corrected chi connectivity index (χ1v) is 8.44. The molecule has 1 aromatic heterocycles. The highest BCUT2D eigenvalue weighted by molar-refractivity contribution is 5.76. The minimum absolute atomic E-state index is 0.0199. The number of rotatable bonds is 5. The predicted molar refractivity (Wildman–Crippen MR) is 91.0 cm³/mol. The number of amides is 1. The molecule has 1 aliphatic rings. The maximum absolute atomic E-state index is 13.8. The lowest BCUT2D eigenvalue weighted by Gasteiger charge is -2.27. The van der Waals surface area contributed by atoms with Crippen LogP contribution in [0.2, 0.25) is 0 Å². The number of carbonyl (C=O) groups is 1. The van der Waals surface area contributed by atoms with Crippen LogP contribution in [-0.4, -0.2) is 51.2 Å². The molecular weight excluding hydrogens is 342 g/mol. The molecular formula is C18H22F2N4O2. The van der Waals surface area contributed by atoms with E-state index in [-0.39, 0.29) is 12.3 Å². The second-order valence-corrected chi connectivity index (χ2v) is 6.74. The highest BCUT2D eigenvalue weighted by atomic mass is 19.1. The molecule has 0 saturated heterocycles. The van der Waals surface area contributed by atoms with E-state index in [0.717, 1.165) is 11.8 Å². The molecule has 8 heteroatoms. The third kappa shape index (κ3) is 4.08. The number of carbonyl (C=O) groups excluding carboxylic acids is 1. The van der Waals surface area contributed by atoms with E-state index < -0.39 is 17.7 Å². The minimum Gasteiger partial charge on any atom is -0.386 e. The first kappa shape index (κ1) is 18.5. The fraction of sp³-hybridized carbons (Fsp3) is 0.444. The van der Waals surface area contributed by atoms with Crippen LogP contribution in [0.15, 0.2) is 24.3 Å². The van der Waals surface area contributed by atoms with E-state index in [1.54, 1.807) is 24.8 Å². The van der Waals surface area contributed by atoms with Crippen LogP contribution in [-0.2, 0) is 24.4 Å². The standard InChI is InChI=1S/C18H22F2N4O2/c1-22(2)18(26)9-17(25)16-8-14-11-23(5-6-24(14)21-16)10-12-3-4-13(19)7-15(12)20/h3-4,7-8,17,25H,5-6,9-11H2,1-2H3. The molecule has 0 saturated carbocycles. The van der Waals surface area contributed by atoms with Crippen LogP contribution in [0.1, 0.15) is 29.5 Å². The first-order chi connectivity index (χ1) is 12.3. The maximum Gasteiger partial charge on any atom is 0.225 e. The predicted octanol–water partition coefficient (Wildman–Crippen LogP) is 1.69. The van der Waals surface area contributed by atoms with Crippen LogP contribution >= 0.6 is 0 Å². The SMILES string of the molecule is CN(C)C(=O)CC(O)c1cc2n(n1)CCN(Cc1ccc(F)cc1F)C2. The highest BCUT2D eigenvalue weighted by Crippen LogP contribution is 2.22. The van der Waals surface area contributed by atoms with E-state index in [2.05, 4.69) is 5.10 Å². The Kier molecular flexibility index (Phi) is 5.33. The van der Waals surface area contributed by atoms with Gasteiger partial charge in [0.15, 0.2) is 0 Å². The van der Waals surface area contributed by atoms with Gasteiger partial charge in [0.1, 0.15) is 17.7 Å². The molecule has 3 rings (SSSR count). The average Bonchev–Trinajstić information content (AvgIpc) is 3.00. The lowest BCUT2D eigenvalue weighted by molar-refractivity contribution is -0.130. The van der Waals surface area contributed by atoms with Crippen molar-refractivity contribution in [3.63, 3.8) is 0 Å². The average molecular weight is 364 g/mol. The Bertz CT molecular complexity index is 806. The minimum atomic E-state index is -0.953. The molecule has 1 atom stereocenters. The largest absolute Gasteiger partial charge is 0.386 e. The van der Waals surface area contributed by atoms with E-state index in [1.165, 1.54) is 17.0 Å². The van der Waals surface area contributed by atoms with Crippen LogP contribution in [0, 0.1) is 11.6 Å². The molecule has 0 fully saturated rings. The Labute approximate surface area is 150 Å². The summed E-state index contributed by atoms with van der Waals surface area (Å²) >= 11 is 0. The van der Waals surface area contributed by atoms with Crippen molar-refractivity contribution in [1.82, 2.24) is 19.6 Å². The zero-order valence-electron chi connectivity index (χ0n) is 14.8. The number of nitrogens with zero attached hydrogens (tertiary/aromatic N) is 4. The van der Waals surface area contributed by atoms with Crippen molar-refractivity contribution >= 4 is 5.91 Å². The number of aliphatic hydroxyl groups excluding tert-OH is 1. The second kappa shape index (κ2) is 7.51. The summed E-state index contributed by atoms with van der Waals surface area (Å²) in [4.78, 5) is 15.2. The molecule has 2 aromatic rings. The molecule has 6 nitrogen and oxygen atoms in total. The zero-order chi connectivity index (χ0) is 18.8. The summed E-state index contributed by atoms with van der Waals surface area (Å²) in [5, 5.41) is 14.6. The van der Waals surface area contributed by atoms with Crippen LogP contribution in [0.25, 0.3) is 0 Å². The van der Waals surface area contributed by atoms with Crippen molar-refractivity contribution in [2.24, 2.45) is 0 Å².